The molecule has 0 spiro atoms. The van der Waals surface area contributed by atoms with Crippen molar-refractivity contribution in [3.8, 4) is 0 Å². The number of hydrogen-bond donors (Lipinski definition) is 28. The van der Waals surface area contributed by atoms with Crippen LogP contribution in [0.5, 0.6) is 0 Å². The number of carbonyl (C=O) groups is 3. The first-order valence-electron chi connectivity index (χ1n) is 24.4. The SMILES string of the molecule is CNCC(CNC(=O)C(O)C(O)C(OC1OC(CO)C(O)C(O)C1O)C(O)CO)(CNC(=O)C(O)C(O)C(OC1OC(CO)C(O)C(O)C1O)C(O)CO)CNC(=O)C(O)C(O)C(OC1OC(CO)C(O)C(O)C1O)C(O)CO. The van der Waals surface area contributed by atoms with Crippen molar-refractivity contribution in [3.05, 3.63) is 0 Å². The lowest BCUT2D eigenvalue weighted by molar-refractivity contribution is -0.326. The van der Waals surface area contributed by atoms with Gasteiger partial charge >= 0.3 is 0 Å². The highest BCUT2D eigenvalue weighted by Crippen LogP contribution is 2.29. The Morgan fingerprint density at radius 2 is 0.646 bits per heavy atom. The molecule has 27 unspecified atom stereocenters. The van der Waals surface area contributed by atoms with E-state index in [0.29, 0.717) is 0 Å². The summed E-state index contributed by atoms with van der Waals surface area (Å²) in [6, 6.07) is 0. The van der Waals surface area contributed by atoms with Gasteiger partial charge in [-0.2, -0.15) is 0 Å². The summed E-state index contributed by atoms with van der Waals surface area (Å²) in [6.07, 6.45) is -59.2. The van der Waals surface area contributed by atoms with E-state index in [1.54, 1.807) is 0 Å². The van der Waals surface area contributed by atoms with Crippen LogP contribution >= 0.6 is 0 Å². The van der Waals surface area contributed by atoms with E-state index in [4.69, 9.17) is 28.4 Å². The Morgan fingerprint density at radius 1 is 0.405 bits per heavy atom. The lowest BCUT2D eigenvalue weighted by Crippen LogP contribution is -2.63. The molecule has 0 aromatic rings. The van der Waals surface area contributed by atoms with Crippen LogP contribution in [-0.4, -0.2) is 379 Å². The summed E-state index contributed by atoms with van der Waals surface area (Å²) in [4.78, 5) is 40.9. The van der Waals surface area contributed by atoms with Gasteiger partial charge in [0.25, 0.3) is 17.7 Å². The molecule has 464 valence electrons. The molecule has 28 N–H and O–H groups in total. The first-order valence-corrected chi connectivity index (χ1v) is 24.4. The molecule has 3 rings (SSSR count). The summed E-state index contributed by atoms with van der Waals surface area (Å²) < 4.78 is 31.5. The maximum atomic E-state index is 13.6. The predicted octanol–water partition coefficient (Wildman–Crippen LogP) is -18.7. The quantitative estimate of drug-likeness (QED) is 0.0297. The molecule has 0 aromatic carbocycles. The first kappa shape index (κ1) is 70.4. The third-order valence-electron chi connectivity index (χ3n) is 13.4. The number of carbonyl (C=O) groups excluding carboxylic acids is 3. The number of ether oxygens (including phenoxy) is 6. The van der Waals surface area contributed by atoms with Gasteiger partial charge in [0.15, 0.2) is 37.2 Å². The molecule has 3 aliphatic rings. The van der Waals surface area contributed by atoms with Crippen molar-refractivity contribution in [3.63, 3.8) is 0 Å². The topological polar surface area (TPSA) is 640 Å². The number of nitrogens with one attached hydrogen (secondary N) is 4. The van der Waals surface area contributed by atoms with Gasteiger partial charge in [-0.05, 0) is 7.05 Å². The van der Waals surface area contributed by atoms with Gasteiger partial charge in [0.1, 0.15) is 128 Å². The molecule has 0 saturated carbocycles. The second-order valence-corrected chi connectivity index (χ2v) is 19.1. The molecule has 3 aliphatic heterocycles. The van der Waals surface area contributed by atoms with E-state index in [9.17, 15) is 137 Å². The molecule has 3 amide bonds. The molecular weight excluding hydrogens is 1090 g/mol. The van der Waals surface area contributed by atoms with Crippen molar-refractivity contribution >= 4 is 17.7 Å². The largest absolute Gasteiger partial charge is 0.394 e. The van der Waals surface area contributed by atoms with E-state index in [0.717, 1.165) is 0 Å². The molecule has 3 saturated heterocycles. The van der Waals surface area contributed by atoms with Crippen LogP contribution < -0.4 is 21.3 Å². The van der Waals surface area contributed by atoms with Gasteiger partial charge in [0, 0.05) is 31.6 Å². The first-order chi connectivity index (χ1) is 37.1. The van der Waals surface area contributed by atoms with Crippen LogP contribution in [0.15, 0.2) is 0 Å². The summed E-state index contributed by atoms with van der Waals surface area (Å²) in [7, 11) is 1.25. The molecule has 3 fully saturated rings. The zero-order valence-electron chi connectivity index (χ0n) is 42.1. The molecule has 27 atom stereocenters. The molecule has 37 heteroatoms. The Hall–Kier alpha value is -2.83. The van der Waals surface area contributed by atoms with Crippen LogP contribution in [-0.2, 0) is 42.8 Å². The summed E-state index contributed by atoms with van der Waals surface area (Å²) in [5.41, 5.74) is -1.99. The Morgan fingerprint density at radius 3 is 0.848 bits per heavy atom. The van der Waals surface area contributed by atoms with E-state index >= 15 is 0 Å². The van der Waals surface area contributed by atoms with Crippen LogP contribution in [0.2, 0.25) is 0 Å². The highest BCUT2D eigenvalue weighted by Gasteiger charge is 2.51. The summed E-state index contributed by atoms with van der Waals surface area (Å²) >= 11 is 0. The standard InChI is InChI=1S/C42H78N4O33/c1-43-8-42(9-44-36(71)27(65)24(62)33(12(53)2-47)77-39-30(68)21(59)18(56)15(5-50)74-39,10-45-37(72)28(66)25(63)34(13(54)3-48)78-40-31(69)22(60)19(57)16(6-51)75-40)11-46-38(73)29(67)26(64)35(14(55)4-49)79-41-32(70)23(61)20(58)17(7-52)76-41/h12-35,39-41,43,47-70H,2-11H2,1H3,(H,44,71)(H,45,72)(H,46,73). The zero-order valence-corrected chi connectivity index (χ0v) is 42.1. The third kappa shape index (κ3) is 17.6. The fourth-order valence-electron chi connectivity index (χ4n) is 8.40. The normalized spacial score (nSPS) is 35.0. The minimum atomic E-state index is -2.72. The van der Waals surface area contributed by atoms with Crippen molar-refractivity contribution < 1.29 is 165 Å². The monoisotopic (exact) mass is 1170 g/mol. The Labute approximate surface area is 447 Å². The van der Waals surface area contributed by atoms with Crippen molar-refractivity contribution in [1.29, 1.82) is 0 Å². The highest BCUT2D eigenvalue weighted by molar-refractivity contribution is 5.83. The number of aliphatic hydroxyl groups is 24. The molecule has 3 heterocycles. The number of aliphatic hydroxyl groups excluding tert-OH is 24. The maximum Gasteiger partial charge on any atom is 0.251 e. The Bertz CT molecular complexity index is 1630. The van der Waals surface area contributed by atoms with Crippen molar-refractivity contribution in [2.24, 2.45) is 5.41 Å². The molecule has 0 aromatic heterocycles. The van der Waals surface area contributed by atoms with Crippen LogP contribution in [0.25, 0.3) is 0 Å². The summed E-state index contributed by atoms with van der Waals surface area (Å²) in [5, 5.41) is 258. The van der Waals surface area contributed by atoms with Gasteiger partial charge in [-0.15, -0.1) is 0 Å². The van der Waals surface area contributed by atoms with Gasteiger partial charge < -0.3 is 172 Å². The molecular formula is C42H78N4O33. The van der Waals surface area contributed by atoms with Gasteiger partial charge in [0.05, 0.1) is 39.6 Å². The minimum absolute atomic E-state index is 0.520. The zero-order chi connectivity index (χ0) is 60.0. The van der Waals surface area contributed by atoms with Gasteiger partial charge in [-0.3, -0.25) is 14.4 Å². The Balaban J connectivity index is 1.96. The number of hydrogen-bond acceptors (Lipinski definition) is 34. The summed E-state index contributed by atoms with van der Waals surface area (Å²) in [5.74, 6) is -4.79. The van der Waals surface area contributed by atoms with Crippen molar-refractivity contribution in [2.75, 3.05) is 72.9 Å². The lowest BCUT2D eigenvalue weighted by Gasteiger charge is -2.42. The predicted molar refractivity (Wildman–Crippen MR) is 247 cm³/mol. The fraction of sp³-hybridized carbons (Fsp3) is 0.929. The van der Waals surface area contributed by atoms with E-state index < -0.39 is 254 Å². The maximum absolute atomic E-state index is 13.6. The van der Waals surface area contributed by atoms with E-state index in [2.05, 4.69) is 21.3 Å². The van der Waals surface area contributed by atoms with E-state index in [-0.39, 0.29) is 0 Å². The Kier molecular flexibility index (Phi) is 28.8. The van der Waals surface area contributed by atoms with Crippen LogP contribution in [0.3, 0.4) is 0 Å². The number of rotatable bonds is 32. The van der Waals surface area contributed by atoms with Crippen LogP contribution in [0.4, 0.5) is 0 Å². The molecule has 79 heavy (non-hydrogen) atoms. The smallest absolute Gasteiger partial charge is 0.251 e. The molecule has 37 nitrogen and oxygen atoms in total. The van der Waals surface area contributed by atoms with Crippen molar-refractivity contribution in [1.82, 2.24) is 21.3 Å². The van der Waals surface area contributed by atoms with E-state index in [1.807, 2.05) is 0 Å². The minimum Gasteiger partial charge on any atom is -0.394 e. The fourth-order valence-corrected chi connectivity index (χ4v) is 8.40. The second-order valence-electron chi connectivity index (χ2n) is 19.1. The van der Waals surface area contributed by atoms with Gasteiger partial charge in [-0.1, -0.05) is 0 Å². The molecule has 0 aliphatic carbocycles. The van der Waals surface area contributed by atoms with Crippen molar-refractivity contribution in [2.45, 2.75) is 165 Å². The lowest BCUT2D eigenvalue weighted by atomic mass is 9.86. The molecule has 0 radical (unpaired) electrons. The second kappa shape index (κ2) is 32.3. The highest BCUT2D eigenvalue weighted by atomic mass is 16.7. The van der Waals surface area contributed by atoms with Crippen LogP contribution in [0, 0.1) is 5.41 Å². The average molecular weight is 1170 g/mol. The third-order valence-corrected chi connectivity index (χ3v) is 13.4. The molecule has 0 bridgehead atoms. The van der Waals surface area contributed by atoms with E-state index in [1.165, 1.54) is 7.05 Å². The summed E-state index contributed by atoms with van der Waals surface area (Å²) in [6.45, 7) is -10.0. The average Bonchev–Trinajstić information content (AvgIpc) is 3.47. The number of amides is 3. The van der Waals surface area contributed by atoms with Gasteiger partial charge in [-0.25, -0.2) is 0 Å². The van der Waals surface area contributed by atoms with Gasteiger partial charge in [0.2, 0.25) is 0 Å². The van der Waals surface area contributed by atoms with Crippen LogP contribution in [0.1, 0.15) is 0 Å².